The van der Waals surface area contributed by atoms with Crippen LogP contribution in [0.4, 0.5) is 17.1 Å². The zero-order valence-corrected chi connectivity index (χ0v) is 26.3. The molecule has 0 spiro atoms. The molecule has 2 amide bonds. The maximum Gasteiger partial charge on any atom is 0.255 e. The van der Waals surface area contributed by atoms with Crippen molar-refractivity contribution in [2.75, 3.05) is 87.8 Å². The topological polar surface area (TPSA) is 86.4 Å². The van der Waals surface area contributed by atoms with E-state index in [0.29, 0.717) is 23.4 Å². The maximum absolute atomic E-state index is 13.7. The second kappa shape index (κ2) is 14.9. The Morgan fingerprint density at radius 1 is 0.717 bits per heavy atom. The van der Waals surface area contributed by atoms with Gasteiger partial charge in [0.2, 0.25) is 0 Å². The van der Waals surface area contributed by atoms with Gasteiger partial charge in [-0.15, -0.1) is 0 Å². The predicted molar refractivity (Wildman–Crippen MR) is 183 cm³/mol. The first-order valence-corrected chi connectivity index (χ1v) is 15.9. The fourth-order valence-corrected chi connectivity index (χ4v) is 6.05. The van der Waals surface area contributed by atoms with Gasteiger partial charge in [0.15, 0.2) is 0 Å². The molecule has 0 atom stereocenters. The SMILES string of the molecule is COc1ccccc1N1CCN(c2ccc(NC(=O)c3ccc(-c4ccccc4)cc3)cc2C(=O)NCCN2CCOCC2)CC1. The lowest BCUT2D eigenvalue weighted by Gasteiger charge is -2.38. The van der Waals surface area contributed by atoms with Gasteiger partial charge < -0.3 is 29.9 Å². The number of nitrogens with zero attached hydrogens (tertiary/aromatic N) is 3. The number of morpholine rings is 1. The summed E-state index contributed by atoms with van der Waals surface area (Å²) in [5, 5.41) is 6.13. The summed E-state index contributed by atoms with van der Waals surface area (Å²) in [6.07, 6.45) is 0. The van der Waals surface area contributed by atoms with Crippen molar-refractivity contribution < 1.29 is 19.1 Å². The molecule has 2 fully saturated rings. The second-order valence-corrected chi connectivity index (χ2v) is 11.5. The molecule has 9 heteroatoms. The third-order valence-electron chi connectivity index (χ3n) is 8.62. The summed E-state index contributed by atoms with van der Waals surface area (Å²) >= 11 is 0. The van der Waals surface area contributed by atoms with Crippen LogP contribution < -0.4 is 25.2 Å². The van der Waals surface area contributed by atoms with E-state index in [9.17, 15) is 9.59 Å². The first kappa shape index (κ1) is 31.1. The van der Waals surface area contributed by atoms with Gasteiger partial charge in [-0.3, -0.25) is 14.5 Å². The summed E-state index contributed by atoms with van der Waals surface area (Å²) < 4.78 is 11.0. The number of ether oxygens (including phenoxy) is 2. The van der Waals surface area contributed by atoms with E-state index < -0.39 is 0 Å². The second-order valence-electron chi connectivity index (χ2n) is 11.5. The van der Waals surface area contributed by atoms with Crippen molar-refractivity contribution in [3.05, 3.63) is 108 Å². The van der Waals surface area contributed by atoms with Crippen molar-refractivity contribution in [1.82, 2.24) is 10.2 Å². The number of hydrogen-bond acceptors (Lipinski definition) is 7. The Morgan fingerprint density at radius 3 is 2.09 bits per heavy atom. The lowest BCUT2D eigenvalue weighted by molar-refractivity contribution is 0.0383. The average Bonchev–Trinajstić information content (AvgIpc) is 3.12. The van der Waals surface area contributed by atoms with Crippen molar-refractivity contribution in [2.24, 2.45) is 0 Å². The van der Waals surface area contributed by atoms with Gasteiger partial charge in [0, 0.05) is 69.3 Å². The molecule has 0 radical (unpaired) electrons. The predicted octanol–water partition coefficient (Wildman–Crippen LogP) is 5.00. The molecule has 0 bridgehead atoms. The van der Waals surface area contributed by atoms with Crippen LogP contribution in [0.2, 0.25) is 0 Å². The molecule has 2 heterocycles. The van der Waals surface area contributed by atoms with Crippen LogP contribution in [0.15, 0.2) is 97.1 Å². The average molecular weight is 620 g/mol. The number of para-hydroxylation sites is 2. The highest BCUT2D eigenvalue weighted by molar-refractivity contribution is 6.06. The minimum Gasteiger partial charge on any atom is -0.495 e. The van der Waals surface area contributed by atoms with Crippen LogP contribution in [-0.2, 0) is 4.74 Å². The summed E-state index contributed by atoms with van der Waals surface area (Å²) in [5.41, 5.74) is 5.74. The maximum atomic E-state index is 13.7. The van der Waals surface area contributed by atoms with E-state index in [1.165, 1.54) is 0 Å². The monoisotopic (exact) mass is 619 g/mol. The van der Waals surface area contributed by atoms with E-state index >= 15 is 0 Å². The van der Waals surface area contributed by atoms with E-state index in [4.69, 9.17) is 9.47 Å². The first-order valence-electron chi connectivity index (χ1n) is 15.9. The Balaban J connectivity index is 1.17. The third-order valence-corrected chi connectivity index (χ3v) is 8.62. The lowest BCUT2D eigenvalue weighted by Crippen LogP contribution is -2.47. The molecule has 46 heavy (non-hydrogen) atoms. The number of nitrogens with one attached hydrogen (secondary N) is 2. The Hall–Kier alpha value is -4.86. The zero-order chi connectivity index (χ0) is 31.7. The van der Waals surface area contributed by atoms with Crippen molar-refractivity contribution in [3.63, 3.8) is 0 Å². The van der Waals surface area contributed by atoms with Gasteiger partial charge in [0.25, 0.3) is 11.8 Å². The van der Waals surface area contributed by atoms with Gasteiger partial charge in [-0.05, 0) is 53.6 Å². The number of benzene rings is 4. The molecule has 238 valence electrons. The molecule has 4 aromatic rings. The van der Waals surface area contributed by atoms with Crippen molar-refractivity contribution in [1.29, 1.82) is 0 Å². The molecule has 6 rings (SSSR count). The lowest BCUT2D eigenvalue weighted by atomic mass is 10.0. The molecule has 0 aromatic heterocycles. The summed E-state index contributed by atoms with van der Waals surface area (Å²) in [4.78, 5) is 33.8. The molecule has 4 aromatic carbocycles. The van der Waals surface area contributed by atoms with Crippen LogP contribution in [0, 0.1) is 0 Å². The number of rotatable bonds is 10. The van der Waals surface area contributed by atoms with E-state index in [1.54, 1.807) is 13.2 Å². The van der Waals surface area contributed by atoms with Crippen molar-refractivity contribution in [2.45, 2.75) is 0 Å². The Morgan fingerprint density at radius 2 is 1.37 bits per heavy atom. The molecule has 9 nitrogen and oxygen atoms in total. The van der Waals surface area contributed by atoms with Crippen LogP contribution in [0.5, 0.6) is 5.75 Å². The van der Waals surface area contributed by atoms with Gasteiger partial charge in [0.1, 0.15) is 5.75 Å². The number of hydrogen-bond donors (Lipinski definition) is 2. The Bertz CT molecular complexity index is 1610. The molecule has 2 saturated heterocycles. The van der Waals surface area contributed by atoms with Gasteiger partial charge in [-0.2, -0.15) is 0 Å². The van der Waals surface area contributed by atoms with Crippen LogP contribution in [-0.4, -0.2) is 89.4 Å². The molecule has 0 aliphatic carbocycles. The normalized spacial score (nSPS) is 15.3. The van der Waals surface area contributed by atoms with Gasteiger partial charge in [-0.1, -0.05) is 54.6 Å². The highest BCUT2D eigenvalue weighted by Gasteiger charge is 2.24. The highest BCUT2D eigenvalue weighted by atomic mass is 16.5. The zero-order valence-electron chi connectivity index (χ0n) is 26.3. The number of piperazine rings is 1. The highest BCUT2D eigenvalue weighted by Crippen LogP contribution is 2.31. The molecule has 0 saturated carbocycles. The summed E-state index contributed by atoms with van der Waals surface area (Å²) in [5.74, 6) is 0.473. The quantitative estimate of drug-likeness (QED) is 0.258. The smallest absolute Gasteiger partial charge is 0.255 e. The van der Waals surface area contributed by atoms with E-state index in [0.717, 1.165) is 87.3 Å². The number of anilines is 3. The third kappa shape index (κ3) is 7.50. The Labute approximate surface area is 270 Å². The Kier molecular flexibility index (Phi) is 10.1. The molecular formula is C37H41N5O4. The number of amides is 2. The van der Waals surface area contributed by atoms with E-state index in [1.807, 2.05) is 84.9 Å². The van der Waals surface area contributed by atoms with Crippen LogP contribution in [0.3, 0.4) is 0 Å². The van der Waals surface area contributed by atoms with Crippen molar-refractivity contribution in [3.8, 4) is 16.9 Å². The number of methoxy groups -OCH3 is 1. The first-order chi connectivity index (χ1) is 22.6. The molecule has 2 aliphatic rings. The fourth-order valence-electron chi connectivity index (χ4n) is 6.05. The van der Waals surface area contributed by atoms with Crippen LogP contribution in [0.1, 0.15) is 20.7 Å². The number of carbonyl (C=O) groups excluding carboxylic acids is 2. The fraction of sp³-hybridized carbons (Fsp3) is 0.297. The molecule has 2 aliphatic heterocycles. The van der Waals surface area contributed by atoms with E-state index in [-0.39, 0.29) is 11.8 Å². The van der Waals surface area contributed by atoms with Crippen LogP contribution in [0.25, 0.3) is 11.1 Å². The summed E-state index contributed by atoms with van der Waals surface area (Å²) in [6, 6.07) is 31.3. The van der Waals surface area contributed by atoms with Gasteiger partial charge in [-0.25, -0.2) is 0 Å². The van der Waals surface area contributed by atoms with Gasteiger partial charge >= 0.3 is 0 Å². The number of carbonyl (C=O) groups is 2. The summed E-state index contributed by atoms with van der Waals surface area (Å²) in [7, 11) is 1.69. The standard InChI is InChI=1S/C37H41N5O4/c1-45-35-10-6-5-9-34(35)42-21-19-41(20-22-42)33-16-15-31(27-32(33)37(44)38-17-18-40-23-25-46-26-24-40)39-36(43)30-13-11-29(12-14-30)28-7-3-2-4-8-28/h2-16,27H,17-26H2,1H3,(H,38,44)(H,39,43). The largest absolute Gasteiger partial charge is 0.495 e. The minimum absolute atomic E-state index is 0.154. The van der Waals surface area contributed by atoms with E-state index in [2.05, 4.69) is 31.4 Å². The summed E-state index contributed by atoms with van der Waals surface area (Å²) in [6.45, 7) is 7.52. The molecule has 2 N–H and O–H groups in total. The molecular weight excluding hydrogens is 578 g/mol. The van der Waals surface area contributed by atoms with Crippen molar-refractivity contribution >= 4 is 28.9 Å². The molecule has 0 unspecified atom stereocenters. The van der Waals surface area contributed by atoms with Crippen LogP contribution >= 0.6 is 0 Å². The minimum atomic E-state index is -0.226. The van der Waals surface area contributed by atoms with Gasteiger partial charge in [0.05, 0.1) is 31.6 Å².